The van der Waals surface area contributed by atoms with Crippen LogP contribution in [0.5, 0.6) is 5.75 Å². The van der Waals surface area contributed by atoms with Crippen LogP contribution in [0.15, 0.2) is 11.0 Å². The van der Waals surface area contributed by atoms with Gasteiger partial charge < -0.3 is 14.5 Å². The molecule has 0 saturated heterocycles. The van der Waals surface area contributed by atoms with Crippen molar-refractivity contribution in [2.75, 3.05) is 6.61 Å². The van der Waals surface area contributed by atoms with Gasteiger partial charge >= 0.3 is 12.3 Å². The van der Waals surface area contributed by atoms with Crippen LogP contribution in [-0.4, -0.2) is 23.9 Å². The predicted molar refractivity (Wildman–Crippen MR) is 62.3 cm³/mol. The Morgan fingerprint density at radius 3 is 2.58 bits per heavy atom. The molecule has 1 aromatic heterocycles. The van der Waals surface area contributed by atoms with Gasteiger partial charge in [-0.05, 0) is 12.5 Å². The molecule has 0 unspecified atom stereocenters. The summed E-state index contributed by atoms with van der Waals surface area (Å²) in [6.45, 7) is 1.45. The van der Waals surface area contributed by atoms with Crippen LogP contribution >= 0.6 is 15.9 Å². The first-order chi connectivity index (χ1) is 8.80. The smallest absolute Gasteiger partial charge is 0.462 e. The van der Waals surface area contributed by atoms with Crippen molar-refractivity contribution in [1.29, 1.82) is 0 Å². The first kappa shape index (κ1) is 15.5. The van der Waals surface area contributed by atoms with Gasteiger partial charge in [0.2, 0.25) is 5.75 Å². The quantitative estimate of drug-likeness (QED) is 0.673. The molecule has 0 spiro atoms. The third kappa shape index (κ3) is 3.98. The molecule has 19 heavy (non-hydrogen) atoms. The fourth-order valence-corrected chi connectivity index (χ4v) is 1.74. The second-order valence-electron chi connectivity index (χ2n) is 3.25. The highest BCUT2D eigenvalue weighted by molar-refractivity contribution is 9.08. The highest BCUT2D eigenvalue weighted by Gasteiger charge is 2.35. The van der Waals surface area contributed by atoms with Crippen LogP contribution < -0.4 is 10.3 Å². The van der Waals surface area contributed by atoms with E-state index in [1.165, 1.54) is 6.92 Å². The predicted octanol–water partition coefficient (Wildman–Crippen LogP) is 2.35. The number of hydrogen-bond acceptors (Lipinski definition) is 4. The van der Waals surface area contributed by atoms with E-state index in [0.717, 1.165) is 6.20 Å². The van der Waals surface area contributed by atoms with Crippen LogP contribution in [0.1, 0.15) is 22.8 Å². The molecule has 106 valence electrons. The Balaban J connectivity index is 3.41. The summed E-state index contributed by atoms with van der Waals surface area (Å²) in [7, 11) is 0. The number of carbonyl (C=O) groups is 1. The lowest BCUT2D eigenvalue weighted by atomic mass is 10.1. The number of rotatable bonds is 4. The molecule has 0 atom stereocenters. The third-order valence-corrected chi connectivity index (χ3v) is 2.58. The van der Waals surface area contributed by atoms with Gasteiger partial charge in [-0.2, -0.15) is 0 Å². The number of halogens is 4. The van der Waals surface area contributed by atoms with Crippen molar-refractivity contribution < 1.29 is 27.4 Å². The maximum atomic E-state index is 12.2. The van der Waals surface area contributed by atoms with E-state index >= 15 is 0 Å². The van der Waals surface area contributed by atoms with Gasteiger partial charge in [-0.3, -0.25) is 4.79 Å². The topological polar surface area (TPSA) is 68.4 Å². The maximum absolute atomic E-state index is 12.2. The van der Waals surface area contributed by atoms with Crippen molar-refractivity contribution in [3.05, 3.63) is 27.7 Å². The minimum absolute atomic E-state index is 0.0428. The van der Waals surface area contributed by atoms with E-state index in [0.29, 0.717) is 0 Å². The average Bonchev–Trinajstić information content (AvgIpc) is 2.30. The summed E-state index contributed by atoms with van der Waals surface area (Å²) >= 11 is 3.00. The molecule has 0 aliphatic carbocycles. The van der Waals surface area contributed by atoms with Crippen molar-refractivity contribution >= 4 is 21.9 Å². The lowest BCUT2D eigenvalue weighted by Gasteiger charge is -2.13. The van der Waals surface area contributed by atoms with Gasteiger partial charge in [0.25, 0.3) is 5.56 Å². The highest BCUT2D eigenvalue weighted by atomic mass is 79.9. The summed E-state index contributed by atoms with van der Waals surface area (Å²) in [4.78, 5) is 25.1. The normalized spacial score (nSPS) is 11.2. The van der Waals surface area contributed by atoms with Crippen LogP contribution in [0.25, 0.3) is 0 Å². The average molecular weight is 344 g/mol. The van der Waals surface area contributed by atoms with Gasteiger partial charge in [0.1, 0.15) is 5.56 Å². The molecule has 1 aromatic rings. The van der Waals surface area contributed by atoms with Crippen molar-refractivity contribution in [2.45, 2.75) is 18.6 Å². The van der Waals surface area contributed by atoms with E-state index < -0.39 is 29.2 Å². The van der Waals surface area contributed by atoms with Gasteiger partial charge in [-0.15, -0.1) is 13.2 Å². The van der Waals surface area contributed by atoms with Gasteiger partial charge in [0.15, 0.2) is 0 Å². The SMILES string of the molecule is CCOC(=O)c1c(CBr)c[nH]c(=O)c1OC(F)(F)F. The van der Waals surface area contributed by atoms with E-state index in [-0.39, 0.29) is 17.5 Å². The molecular weight excluding hydrogens is 335 g/mol. The van der Waals surface area contributed by atoms with E-state index in [1.807, 2.05) is 0 Å². The summed E-state index contributed by atoms with van der Waals surface area (Å²) in [6.07, 6.45) is -3.97. The molecule has 1 rings (SSSR count). The number of H-pyrrole nitrogens is 1. The molecule has 1 N–H and O–H groups in total. The number of aromatic amines is 1. The van der Waals surface area contributed by atoms with Crippen LogP contribution in [0, 0.1) is 0 Å². The number of nitrogens with one attached hydrogen (secondary N) is 1. The number of alkyl halides is 4. The zero-order chi connectivity index (χ0) is 14.6. The van der Waals surface area contributed by atoms with Crippen molar-refractivity contribution in [3.8, 4) is 5.75 Å². The van der Waals surface area contributed by atoms with E-state index in [4.69, 9.17) is 0 Å². The lowest BCUT2D eigenvalue weighted by Crippen LogP contribution is -2.26. The highest BCUT2D eigenvalue weighted by Crippen LogP contribution is 2.26. The number of carbonyl (C=O) groups excluding carboxylic acids is 1. The zero-order valence-electron chi connectivity index (χ0n) is 9.64. The molecule has 0 amide bonds. The Morgan fingerprint density at radius 1 is 1.47 bits per heavy atom. The molecule has 5 nitrogen and oxygen atoms in total. The van der Waals surface area contributed by atoms with Crippen LogP contribution in [0.2, 0.25) is 0 Å². The second kappa shape index (κ2) is 6.09. The number of pyridine rings is 1. The molecule has 0 bridgehead atoms. The third-order valence-electron chi connectivity index (χ3n) is 1.97. The molecule has 0 aliphatic rings. The summed E-state index contributed by atoms with van der Waals surface area (Å²) in [5.41, 5.74) is -1.58. The van der Waals surface area contributed by atoms with E-state index in [1.54, 1.807) is 0 Å². The van der Waals surface area contributed by atoms with E-state index in [9.17, 15) is 22.8 Å². The van der Waals surface area contributed by atoms with Crippen molar-refractivity contribution in [2.24, 2.45) is 0 Å². The Bertz CT molecular complexity index is 526. The van der Waals surface area contributed by atoms with Crippen LogP contribution in [-0.2, 0) is 10.1 Å². The number of ether oxygens (including phenoxy) is 2. The second-order valence-corrected chi connectivity index (χ2v) is 3.81. The van der Waals surface area contributed by atoms with Crippen LogP contribution in [0.3, 0.4) is 0 Å². The maximum Gasteiger partial charge on any atom is 0.573 e. The molecular formula is C10H9BrF3NO4. The van der Waals surface area contributed by atoms with Gasteiger partial charge in [-0.1, -0.05) is 15.9 Å². The van der Waals surface area contributed by atoms with Crippen molar-refractivity contribution in [1.82, 2.24) is 4.98 Å². The lowest BCUT2D eigenvalue weighted by molar-refractivity contribution is -0.275. The Hall–Kier alpha value is -1.51. The number of hydrogen-bond donors (Lipinski definition) is 1. The molecule has 0 aliphatic heterocycles. The monoisotopic (exact) mass is 343 g/mol. The molecule has 9 heteroatoms. The van der Waals surface area contributed by atoms with Crippen LogP contribution in [0.4, 0.5) is 13.2 Å². The summed E-state index contributed by atoms with van der Waals surface area (Å²) in [5, 5.41) is 0.0478. The fraction of sp³-hybridized carbons (Fsp3) is 0.400. The molecule has 0 aromatic carbocycles. The minimum atomic E-state index is -5.08. The first-order valence-corrected chi connectivity index (χ1v) is 6.15. The molecule has 0 radical (unpaired) electrons. The summed E-state index contributed by atoms with van der Waals surface area (Å²) < 4.78 is 45.0. The largest absolute Gasteiger partial charge is 0.573 e. The Kier molecular flexibility index (Phi) is 4.98. The summed E-state index contributed by atoms with van der Waals surface area (Å²) in [5.74, 6) is -2.18. The Labute approximate surface area is 113 Å². The van der Waals surface area contributed by atoms with Gasteiger partial charge in [0.05, 0.1) is 6.61 Å². The van der Waals surface area contributed by atoms with E-state index in [2.05, 4.69) is 30.4 Å². The van der Waals surface area contributed by atoms with Gasteiger partial charge in [0, 0.05) is 11.5 Å². The molecule has 0 fully saturated rings. The molecule has 1 heterocycles. The van der Waals surface area contributed by atoms with Crippen molar-refractivity contribution in [3.63, 3.8) is 0 Å². The number of esters is 1. The van der Waals surface area contributed by atoms with Gasteiger partial charge in [-0.25, -0.2) is 4.79 Å². The standard InChI is InChI=1S/C10H9BrF3NO4/c1-2-18-9(17)6-5(3-11)4-15-8(16)7(6)19-10(12,13)14/h4H,2-3H2,1H3,(H,15,16). The summed E-state index contributed by atoms with van der Waals surface area (Å²) in [6, 6.07) is 0. The fourth-order valence-electron chi connectivity index (χ4n) is 1.30. The first-order valence-electron chi connectivity index (χ1n) is 5.03. The Morgan fingerprint density at radius 2 is 2.11 bits per heavy atom. The minimum Gasteiger partial charge on any atom is -0.462 e. The molecule has 0 saturated carbocycles. The zero-order valence-corrected chi connectivity index (χ0v) is 11.2. The number of aromatic nitrogens is 1.